The lowest BCUT2D eigenvalue weighted by molar-refractivity contribution is -0.355. The number of hydrogen-bond donors (Lipinski definition) is 8. The summed E-state index contributed by atoms with van der Waals surface area (Å²) in [5.41, 5.74) is 0. The van der Waals surface area contributed by atoms with Crippen molar-refractivity contribution in [2.75, 3.05) is 13.2 Å². The van der Waals surface area contributed by atoms with Crippen LogP contribution in [-0.4, -0.2) is 115 Å². The Bertz CT molecular complexity index is 380. The van der Waals surface area contributed by atoms with E-state index in [4.69, 9.17) is 24.4 Å². The van der Waals surface area contributed by atoms with E-state index in [9.17, 15) is 30.6 Å². The van der Waals surface area contributed by atoms with Gasteiger partial charge in [-0.25, -0.2) is 0 Å². The van der Waals surface area contributed by atoms with Crippen LogP contribution in [0.4, 0.5) is 0 Å². The van der Waals surface area contributed by atoms with E-state index in [0.717, 1.165) is 0 Å². The molecule has 2 rings (SSSR count). The molecule has 136 valence electrons. The summed E-state index contributed by atoms with van der Waals surface area (Å²) in [5.74, 6) is 0. The van der Waals surface area contributed by atoms with Crippen molar-refractivity contribution in [3.63, 3.8) is 0 Å². The maximum absolute atomic E-state index is 10.00. The first-order chi connectivity index (χ1) is 10.8. The molecule has 0 amide bonds. The summed E-state index contributed by atoms with van der Waals surface area (Å²) in [4.78, 5) is 0. The van der Waals surface area contributed by atoms with Crippen LogP contribution in [0.1, 0.15) is 0 Å². The molecule has 0 spiro atoms. The molecule has 8 N–H and O–H groups in total. The van der Waals surface area contributed by atoms with Crippen LogP contribution in [-0.2, 0) is 14.2 Å². The van der Waals surface area contributed by atoms with Crippen LogP contribution in [0.5, 0.6) is 0 Å². The summed E-state index contributed by atoms with van der Waals surface area (Å²) < 4.78 is 15.1. The molecule has 2 aliphatic rings. The maximum Gasteiger partial charge on any atom is 0.187 e. The zero-order chi connectivity index (χ0) is 17.3. The maximum atomic E-state index is 10.00. The molecule has 6 unspecified atom stereocenters. The van der Waals surface area contributed by atoms with E-state index >= 15 is 0 Å². The van der Waals surface area contributed by atoms with E-state index in [1.54, 1.807) is 0 Å². The Morgan fingerprint density at radius 3 is 1.78 bits per heavy atom. The Morgan fingerprint density at radius 2 is 1.22 bits per heavy atom. The molecule has 2 heterocycles. The first kappa shape index (κ1) is 18.9. The molecule has 2 fully saturated rings. The number of hydrogen-bond acceptors (Lipinski definition) is 11. The minimum absolute atomic E-state index is 0.667. The topological polar surface area (TPSA) is 190 Å². The van der Waals surface area contributed by atoms with Gasteiger partial charge in [0.25, 0.3) is 0 Å². The van der Waals surface area contributed by atoms with Gasteiger partial charge in [-0.3, -0.25) is 0 Å². The predicted molar refractivity (Wildman–Crippen MR) is 68.6 cm³/mol. The van der Waals surface area contributed by atoms with E-state index < -0.39 is 74.6 Å². The fourth-order valence-corrected chi connectivity index (χ4v) is 2.56. The van der Waals surface area contributed by atoms with Crippen LogP contribution >= 0.6 is 0 Å². The zero-order valence-electron chi connectivity index (χ0n) is 12.0. The lowest BCUT2D eigenvalue weighted by Gasteiger charge is -2.45. The highest BCUT2D eigenvalue weighted by Crippen LogP contribution is 2.28. The minimum Gasteiger partial charge on any atom is -0.394 e. The Labute approximate surface area is 130 Å². The van der Waals surface area contributed by atoms with Crippen molar-refractivity contribution in [2.24, 2.45) is 0 Å². The summed E-state index contributed by atoms with van der Waals surface area (Å²) in [6, 6.07) is 0. The Balaban J connectivity index is 2.11. The SMILES string of the molecule is OCC1OC(O[C@H]2C(O)C(CO)OC(O)[C@@H]2O)[C@H](O)[C@@H](O)C1O. The van der Waals surface area contributed by atoms with Gasteiger partial charge in [0.05, 0.1) is 13.2 Å². The van der Waals surface area contributed by atoms with Gasteiger partial charge in [-0.15, -0.1) is 0 Å². The molecule has 0 bridgehead atoms. The van der Waals surface area contributed by atoms with Gasteiger partial charge in [0.15, 0.2) is 12.6 Å². The normalized spacial score (nSPS) is 51.7. The van der Waals surface area contributed by atoms with Crippen LogP contribution in [0.2, 0.25) is 0 Å². The van der Waals surface area contributed by atoms with Crippen molar-refractivity contribution in [1.82, 2.24) is 0 Å². The van der Waals surface area contributed by atoms with Crippen molar-refractivity contribution >= 4 is 0 Å². The second-order valence-electron chi connectivity index (χ2n) is 5.53. The standard InChI is InChI=1S/C12H22O11/c13-1-3-5(15)7(17)8(18)12(22-3)23-10-6(16)4(2-14)21-11(20)9(10)19/h3-20H,1-2H2/t3?,4?,5?,6?,7-,8+,9+,10-,11?,12?/m0/s1. The van der Waals surface area contributed by atoms with Gasteiger partial charge in [-0.1, -0.05) is 0 Å². The average molecular weight is 342 g/mol. The van der Waals surface area contributed by atoms with Crippen LogP contribution < -0.4 is 0 Å². The molecule has 0 aromatic rings. The van der Waals surface area contributed by atoms with Crippen LogP contribution in [0, 0.1) is 0 Å². The molecule has 0 saturated carbocycles. The second kappa shape index (κ2) is 7.63. The first-order valence-electron chi connectivity index (χ1n) is 7.08. The van der Waals surface area contributed by atoms with Gasteiger partial charge in [0.1, 0.15) is 48.8 Å². The highest BCUT2D eigenvalue weighted by atomic mass is 16.7. The zero-order valence-corrected chi connectivity index (χ0v) is 12.0. The summed E-state index contributed by atoms with van der Waals surface area (Å²) in [7, 11) is 0. The fraction of sp³-hybridized carbons (Fsp3) is 1.00. The van der Waals surface area contributed by atoms with E-state index in [1.807, 2.05) is 0 Å². The summed E-state index contributed by atoms with van der Waals surface area (Å²) >= 11 is 0. The monoisotopic (exact) mass is 342 g/mol. The number of rotatable bonds is 4. The molecule has 0 aliphatic carbocycles. The summed E-state index contributed by atoms with van der Waals surface area (Å²) in [6.45, 7) is -1.34. The van der Waals surface area contributed by atoms with Gasteiger partial charge in [-0.05, 0) is 0 Å². The molecule has 0 aromatic heterocycles. The van der Waals surface area contributed by atoms with Crippen molar-refractivity contribution < 1.29 is 55.1 Å². The molecule has 11 nitrogen and oxygen atoms in total. The van der Waals surface area contributed by atoms with Crippen molar-refractivity contribution in [3.8, 4) is 0 Å². The Kier molecular flexibility index (Phi) is 6.27. The second-order valence-corrected chi connectivity index (χ2v) is 5.53. The highest BCUT2D eigenvalue weighted by Gasteiger charge is 2.50. The van der Waals surface area contributed by atoms with Gasteiger partial charge in [-0.2, -0.15) is 0 Å². The minimum atomic E-state index is -1.76. The Morgan fingerprint density at radius 1 is 0.652 bits per heavy atom. The van der Waals surface area contributed by atoms with Crippen molar-refractivity contribution in [3.05, 3.63) is 0 Å². The van der Waals surface area contributed by atoms with E-state index in [2.05, 4.69) is 0 Å². The van der Waals surface area contributed by atoms with Gasteiger partial charge < -0.3 is 55.1 Å². The molecular weight excluding hydrogens is 320 g/mol. The Hall–Kier alpha value is -0.440. The quantitative estimate of drug-likeness (QED) is 0.243. The number of aliphatic hydroxyl groups is 8. The predicted octanol–water partition coefficient (Wildman–Crippen LogP) is -5.40. The smallest absolute Gasteiger partial charge is 0.187 e. The van der Waals surface area contributed by atoms with Crippen LogP contribution in [0.15, 0.2) is 0 Å². The van der Waals surface area contributed by atoms with E-state index in [0.29, 0.717) is 0 Å². The van der Waals surface area contributed by atoms with Crippen LogP contribution in [0.3, 0.4) is 0 Å². The molecule has 0 aromatic carbocycles. The van der Waals surface area contributed by atoms with Gasteiger partial charge in [0.2, 0.25) is 0 Å². The molecule has 10 atom stereocenters. The summed E-state index contributed by atoms with van der Waals surface area (Å²) in [5, 5.41) is 76.8. The molecule has 2 saturated heterocycles. The largest absolute Gasteiger partial charge is 0.394 e. The van der Waals surface area contributed by atoms with Crippen molar-refractivity contribution in [2.45, 2.75) is 61.4 Å². The molecule has 0 radical (unpaired) electrons. The van der Waals surface area contributed by atoms with Crippen molar-refractivity contribution in [1.29, 1.82) is 0 Å². The number of aliphatic hydroxyl groups excluding tert-OH is 8. The van der Waals surface area contributed by atoms with Crippen LogP contribution in [0.25, 0.3) is 0 Å². The lowest BCUT2D eigenvalue weighted by atomic mass is 9.97. The lowest BCUT2D eigenvalue weighted by Crippen LogP contribution is -2.64. The fourth-order valence-electron chi connectivity index (χ4n) is 2.56. The number of ether oxygens (including phenoxy) is 3. The average Bonchev–Trinajstić information content (AvgIpc) is 2.54. The molecule has 23 heavy (non-hydrogen) atoms. The molecule has 2 aliphatic heterocycles. The van der Waals surface area contributed by atoms with E-state index in [1.165, 1.54) is 0 Å². The van der Waals surface area contributed by atoms with E-state index in [-0.39, 0.29) is 0 Å². The summed E-state index contributed by atoms with van der Waals surface area (Å²) in [6.07, 6.45) is -15.7. The molecular formula is C12H22O11. The third-order valence-electron chi connectivity index (χ3n) is 3.98. The third-order valence-corrected chi connectivity index (χ3v) is 3.98. The van der Waals surface area contributed by atoms with Gasteiger partial charge in [0, 0.05) is 0 Å². The third kappa shape index (κ3) is 3.65. The van der Waals surface area contributed by atoms with Gasteiger partial charge >= 0.3 is 0 Å². The highest BCUT2D eigenvalue weighted by molar-refractivity contribution is 4.93. The first-order valence-corrected chi connectivity index (χ1v) is 7.08. The molecule has 11 heteroatoms.